The van der Waals surface area contributed by atoms with E-state index in [0.717, 1.165) is 16.9 Å². The molecule has 0 aliphatic rings. The van der Waals surface area contributed by atoms with Gasteiger partial charge in [-0.05, 0) is 41.5 Å². The summed E-state index contributed by atoms with van der Waals surface area (Å²) in [4.78, 5) is 12.5. The van der Waals surface area contributed by atoms with Gasteiger partial charge in [0.05, 0.1) is 6.61 Å². The minimum absolute atomic E-state index is 0.117. The Morgan fingerprint density at radius 3 is 2.54 bits per heavy atom. The summed E-state index contributed by atoms with van der Waals surface area (Å²) in [6.45, 7) is 2.51. The van der Waals surface area contributed by atoms with E-state index in [4.69, 9.17) is 13.9 Å². The second-order valence-electron chi connectivity index (χ2n) is 5.82. The Kier molecular flexibility index (Phi) is 4.83. The molecule has 4 rings (SSSR count). The quantitative estimate of drug-likeness (QED) is 0.541. The fourth-order valence-corrected chi connectivity index (χ4v) is 2.63. The third-order valence-corrected chi connectivity index (χ3v) is 3.96. The van der Waals surface area contributed by atoms with Gasteiger partial charge in [-0.3, -0.25) is 4.79 Å². The van der Waals surface area contributed by atoms with Crippen molar-refractivity contribution in [2.75, 3.05) is 11.9 Å². The van der Waals surface area contributed by atoms with Crippen molar-refractivity contribution in [1.82, 2.24) is 15.5 Å². The molecular weight excluding hydrogens is 360 g/mol. The first-order chi connectivity index (χ1) is 13.7. The Bertz CT molecular complexity index is 1070. The average molecular weight is 376 g/mol. The molecule has 0 radical (unpaired) electrons. The molecule has 1 N–H and O–H groups in total. The van der Waals surface area contributed by atoms with Crippen molar-refractivity contribution in [1.29, 1.82) is 0 Å². The van der Waals surface area contributed by atoms with Gasteiger partial charge in [0.25, 0.3) is 5.91 Å². The number of rotatable bonds is 6. The second kappa shape index (κ2) is 7.75. The summed E-state index contributed by atoms with van der Waals surface area (Å²) < 4.78 is 15.5. The van der Waals surface area contributed by atoms with Gasteiger partial charge in [0.15, 0.2) is 17.1 Å². The van der Waals surface area contributed by atoms with Crippen molar-refractivity contribution in [3.63, 3.8) is 0 Å². The summed E-state index contributed by atoms with van der Waals surface area (Å²) in [6, 6.07) is 18.2. The maximum absolute atomic E-state index is 12.5. The van der Waals surface area contributed by atoms with E-state index < -0.39 is 5.91 Å². The molecule has 4 aromatic rings. The molecule has 0 saturated heterocycles. The van der Waals surface area contributed by atoms with E-state index in [-0.39, 0.29) is 11.5 Å². The Balaban J connectivity index is 1.51. The van der Waals surface area contributed by atoms with Crippen LogP contribution < -0.4 is 10.1 Å². The van der Waals surface area contributed by atoms with Crippen LogP contribution in [0.25, 0.3) is 22.6 Å². The van der Waals surface area contributed by atoms with Gasteiger partial charge in [0.1, 0.15) is 5.75 Å². The first kappa shape index (κ1) is 17.5. The van der Waals surface area contributed by atoms with Gasteiger partial charge in [-0.25, -0.2) is 4.63 Å². The van der Waals surface area contributed by atoms with Crippen molar-refractivity contribution in [2.45, 2.75) is 6.92 Å². The summed E-state index contributed by atoms with van der Waals surface area (Å²) in [5, 5.41) is 14.1. The number of nitrogens with one attached hydrogen (secondary N) is 1. The van der Waals surface area contributed by atoms with Gasteiger partial charge in [0, 0.05) is 17.2 Å². The topological polar surface area (TPSA) is 103 Å². The highest BCUT2D eigenvalue weighted by molar-refractivity contribution is 6.04. The molecule has 2 aromatic heterocycles. The lowest BCUT2D eigenvalue weighted by Gasteiger charge is -2.02. The predicted octanol–water partition coefficient (Wildman–Crippen LogP) is 4.04. The van der Waals surface area contributed by atoms with Crippen molar-refractivity contribution in [3.8, 4) is 28.3 Å². The lowest BCUT2D eigenvalue weighted by atomic mass is 10.1. The van der Waals surface area contributed by atoms with Crippen LogP contribution in [0.4, 0.5) is 5.82 Å². The van der Waals surface area contributed by atoms with Gasteiger partial charge in [0.2, 0.25) is 5.82 Å². The van der Waals surface area contributed by atoms with E-state index in [1.165, 1.54) is 0 Å². The average Bonchev–Trinajstić information content (AvgIpc) is 3.39. The van der Waals surface area contributed by atoms with Crippen LogP contribution in [-0.4, -0.2) is 28.0 Å². The zero-order chi connectivity index (χ0) is 19.3. The Morgan fingerprint density at radius 2 is 1.79 bits per heavy atom. The number of ether oxygens (including phenoxy) is 1. The molecule has 8 heteroatoms. The Hall–Kier alpha value is -3.94. The lowest BCUT2D eigenvalue weighted by molar-refractivity contribution is 0.101. The van der Waals surface area contributed by atoms with Crippen molar-refractivity contribution in [3.05, 3.63) is 66.4 Å². The van der Waals surface area contributed by atoms with Crippen LogP contribution in [0.1, 0.15) is 17.4 Å². The summed E-state index contributed by atoms with van der Waals surface area (Å²) >= 11 is 0. The number of anilines is 1. The number of hydrogen-bond acceptors (Lipinski definition) is 7. The number of carbonyl (C=O) groups excluding carboxylic acids is 1. The molecule has 0 aliphatic carbocycles. The van der Waals surface area contributed by atoms with Crippen LogP contribution in [0, 0.1) is 0 Å². The third-order valence-electron chi connectivity index (χ3n) is 3.96. The molecule has 0 atom stereocenters. The van der Waals surface area contributed by atoms with E-state index in [1.54, 1.807) is 6.07 Å². The fraction of sp³-hybridized carbons (Fsp3) is 0.100. The molecule has 0 aliphatic heterocycles. The summed E-state index contributed by atoms with van der Waals surface area (Å²) in [7, 11) is 0. The van der Waals surface area contributed by atoms with Crippen LogP contribution in [0.5, 0.6) is 5.75 Å². The Labute approximate surface area is 160 Å². The van der Waals surface area contributed by atoms with Crippen molar-refractivity contribution < 1.29 is 18.7 Å². The van der Waals surface area contributed by atoms with Gasteiger partial charge >= 0.3 is 0 Å². The minimum atomic E-state index is -0.478. The summed E-state index contributed by atoms with van der Waals surface area (Å²) in [6.07, 6.45) is 0. The monoisotopic (exact) mass is 376 g/mol. The smallest absolute Gasteiger partial charge is 0.279 e. The number of benzene rings is 2. The molecule has 1 amide bonds. The molecule has 0 saturated carbocycles. The molecule has 140 valence electrons. The third kappa shape index (κ3) is 3.61. The number of carbonyl (C=O) groups is 1. The number of hydrogen-bond donors (Lipinski definition) is 1. The van der Waals surface area contributed by atoms with E-state index in [2.05, 4.69) is 20.8 Å². The number of nitrogens with zero attached hydrogens (tertiary/aromatic N) is 3. The van der Waals surface area contributed by atoms with Gasteiger partial charge < -0.3 is 14.6 Å². The highest BCUT2D eigenvalue weighted by Crippen LogP contribution is 2.26. The van der Waals surface area contributed by atoms with Crippen LogP contribution in [0.15, 0.2) is 69.8 Å². The van der Waals surface area contributed by atoms with E-state index in [9.17, 15) is 4.79 Å². The number of amides is 1. The molecule has 8 nitrogen and oxygen atoms in total. The molecule has 0 unspecified atom stereocenters. The lowest BCUT2D eigenvalue weighted by Crippen LogP contribution is -2.13. The standard InChI is InChI=1S/C20H16N4O4/c1-2-26-15-10-8-13(9-11-15)17-12-16(22-27-17)20(25)21-19-18(23-28-24-19)14-6-4-3-5-7-14/h3-12H,2H2,1H3,(H,21,24,25). The van der Waals surface area contributed by atoms with Crippen LogP contribution in [0.3, 0.4) is 0 Å². The molecule has 28 heavy (non-hydrogen) atoms. The van der Waals surface area contributed by atoms with Crippen LogP contribution in [-0.2, 0) is 0 Å². The number of aromatic nitrogens is 3. The van der Waals surface area contributed by atoms with Crippen molar-refractivity contribution >= 4 is 11.7 Å². The molecule has 0 bridgehead atoms. The van der Waals surface area contributed by atoms with Gasteiger partial charge in [-0.1, -0.05) is 35.5 Å². The second-order valence-corrected chi connectivity index (χ2v) is 5.82. The van der Waals surface area contributed by atoms with Gasteiger partial charge in [-0.15, -0.1) is 0 Å². The van der Waals surface area contributed by atoms with Gasteiger partial charge in [-0.2, -0.15) is 0 Å². The first-order valence-corrected chi connectivity index (χ1v) is 8.64. The Morgan fingerprint density at radius 1 is 1.00 bits per heavy atom. The predicted molar refractivity (Wildman–Crippen MR) is 101 cm³/mol. The maximum Gasteiger partial charge on any atom is 0.279 e. The summed E-state index contributed by atoms with van der Waals surface area (Å²) in [5.41, 5.74) is 2.10. The van der Waals surface area contributed by atoms with Crippen LogP contribution >= 0.6 is 0 Å². The first-order valence-electron chi connectivity index (χ1n) is 8.64. The zero-order valence-corrected chi connectivity index (χ0v) is 15.0. The molecule has 0 spiro atoms. The fourth-order valence-electron chi connectivity index (χ4n) is 2.63. The van der Waals surface area contributed by atoms with E-state index >= 15 is 0 Å². The highest BCUT2D eigenvalue weighted by atomic mass is 16.6. The molecule has 2 aromatic carbocycles. The largest absolute Gasteiger partial charge is 0.494 e. The molecule has 0 fully saturated rings. The molecular formula is C20H16N4O4. The SMILES string of the molecule is CCOc1ccc(-c2cc(C(=O)Nc3nonc3-c3ccccc3)no2)cc1. The van der Waals surface area contributed by atoms with Crippen LogP contribution in [0.2, 0.25) is 0 Å². The summed E-state index contributed by atoms with van der Waals surface area (Å²) in [5.74, 6) is 0.959. The molecule has 2 heterocycles. The normalized spacial score (nSPS) is 10.6. The minimum Gasteiger partial charge on any atom is -0.494 e. The van der Waals surface area contributed by atoms with Crippen molar-refractivity contribution in [2.24, 2.45) is 0 Å². The highest BCUT2D eigenvalue weighted by Gasteiger charge is 2.19. The maximum atomic E-state index is 12.5. The zero-order valence-electron chi connectivity index (χ0n) is 15.0. The van der Waals surface area contributed by atoms with E-state index in [0.29, 0.717) is 18.1 Å². The van der Waals surface area contributed by atoms with E-state index in [1.807, 2.05) is 61.5 Å².